The third-order valence-electron chi connectivity index (χ3n) is 2.93. The largest absolute Gasteiger partial charge is 0.486 e. The lowest BCUT2D eigenvalue weighted by Crippen LogP contribution is -2.15. The Morgan fingerprint density at radius 3 is 2.68 bits per heavy atom. The van der Waals surface area contributed by atoms with Crippen molar-refractivity contribution in [2.24, 2.45) is 0 Å². The lowest BCUT2D eigenvalue weighted by molar-refractivity contribution is 0.171. The highest BCUT2D eigenvalue weighted by molar-refractivity contribution is 6.30. The molecular formula is C15H14ClNO2. The summed E-state index contributed by atoms with van der Waals surface area (Å²) < 4.78 is 11.1. The molecular weight excluding hydrogens is 262 g/mol. The van der Waals surface area contributed by atoms with Gasteiger partial charge in [0.05, 0.1) is 0 Å². The molecule has 3 rings (SSSR count). The summed E-state index contributed by atoms with van der Waals surface area (Å²) in [6.07, 6.45) is 0. The average molecular weight is 276 g/mol. The first-order valence-corrected chi connectivity index (χ1v) is 6.57. The molecule has 1 aliphatic heterocycles. The lowest BCUT2D eigenvalue weighted by atomic mass is 10.2. The van der Waals surface area contributed by atoms with Gasteiger partial charge >= 0.3 is 0 Å². The van der Waals surface area contributed by atoms with E-state index in [1.165, 1.54) is 0 Å². The molecule has 0 saturated carbocycles. The molecule has 0 amide bonds. The van der Waals surface area contributed by atoms with Crippen molar-refractivity contribution in [2.75, 3.05) is 18.5 Å². The zero-order valence-corrected chi connectivity index (χ0v) is 11.1. The number of benzene rings is 2. The molecule has 0 fully saturated rings. The van der Waals surface area contributed by atoms with Gasteiger partial charge in [-0.2, -0.15) is 0 Å². The van der Waals surface area contributed by atoms with Crippen molar-refractivity contribution in [3.63, 3.8) is 0 Å². The molecule has 1 aliphatic rings. The number of rotatable bonds is 3. The van der Waals surface area contributed by atoms with Crippen LogP contribution in [0.15, 0.2) is 42.5 Å². The van der Waals surface area contributed by atoms with Crippen LogP contribution in [0.3, 0.4) is 0 Å². The van der Waals surface area contributed by atoms with Crippen molar-refractivity contribution in [1.82, 2.24) is 0 Å². The minimum Gasteiger partial charge on any atom is -0.486 e. The van der Waals surface area contributed by atoms with Crippen LogP contribution in [-0.4, -0.2) is 13.2 Å². The molecule has 3 nitrogen and oxygen atoms in total. The monoisotopic (exact) mass is 275 g/mol. The Morgan fingerprint density at radius 2 is 1.84 bits per heavy atom. The van der Waals surface area contributed by atoms with Gasteiger partial charge in [-0.3, -0.25) is 0 Å². The van der Waals surface area contributed by atoms with Crippen LogP contribution in [0.5, 0.6) is 11.5 Å². The average Bonchev–Trinajstić information content (AvgIpc) is 2.45. The fraction of sp³-hybridized carbons (Fsp3) is 0.200. The van der Waals surface area contributed by atoms with Gasteiger partial charge in [0.25, 0.3) is 0 Å². The minimum absolute atomic E-state index is 0.609. The summed E-state index contributed by atoms with van der Waals surface area (Å²) in [6, 6.07) is 13.7. The van der Waals surface area contributed by atoms with Crippen molar-refractivity contribution in [1.29, 1.82) is 0 Å². The van der Waals surface area contributed by atoms with E-state index in [1.54, 1.807) is 0 Å². The molecule has 0 atom stereocenters. The predicted molar refractivity (Wildman–Crippen MR) is 76.2 cm³/mol. The summed E-state index contributed by atoms with van der Waals surface area (Å²) in [6.45, 7) is 1.95. The summed E-state index contributed by atoms with van der Waals surface area (Å²) in [7, 11) is 0. The van der Waals surface area contributed by atoms with E-state index < -0.39 is 0 Å². The lowest BCUT2D eigenvalue weighted by Gasteiger charge is -2.19. The molecule has 4 heteroatoms. The quantitative estimate of drug-likeness (QED) is 0.926. The van der Waals surface area contributed by atoms with Gasteiger partial charge in [0, 0.05) is 17.3 Å². The van der Waals surface area contributed by atoms with E-state index in [0.717, 1.165) is 34.3 Å². The predicted octanol–water partition coefficient (Wildman–Crippen LogP) is 3.72. The van der Waals surface area contributed by atoms with Crippen LogP contribution >= 0.6 is 11.6 Å². The van der Waals surface area contributed by atoms with E-state index in [-0.39, 0.29) is 0 Å². The van der Waals surface area contributed by atoms with E-state index in [1.807, 2.05) is 42.5 Å². The number of ether oxygens (including phenoxy) is 2. The first-order chi connectivity index (χ1) is 9.31. The Kier molecular flexibility index (Phi) is 3.47. The third-order valence-corrected chi connectivity index (χ3v) is 3.16. The van der Waals surface area contributed by atoms with Crippen LogP contribution < -0.4 is 14.8 Å². The zero-order chi connectivity index (χ0) is 13.1. The summed E-state index contributed by atoms with van der Waals surface area (Å²) in [5.74, 6) is 1.63. The SMILES string of the molecule is Clc1cccc(NCc2ccc3c(c2)OCCO3)c1. The van der Waals surface area contributed by atoms with E-state index >= 15 is 0 Å². The Bertz CT molecular complexity index is 586. The van der Waals surface area contributed by atoms with Gasteiger partial charge in [-0.15, -0.1) is 0 Å². The molecule has 2 aromatic rings. The van der Waals surface area contributed by atoms with Crippen LogP contribution in [-0.2, 0) is 6.54 Å². The van der Waals surface area contributed by atoms with Crippen LogP contribution in [0, 0.1) is 0 Å². The van der Waals surface area contributed by atoms with Crippen molar-refractivity contribution in [3.8, 4) is 11.5 Å². The van der Waals surface area contributed by atoms with Crippen LogP contribution in [0.4, 0.5) is 5.69 Å². The fourth-order valence-corrected chi connectivity index (χ4v) is 2.19. The topological polar surface area (TPSA) is 30.5 Å². The molecule has 0 bridgehead atoms. The maximum atomic E-state index is 5.94. The van der Waals surface area contributed by atoms with Crippen molar-refractivity contribution < 1.29 is 9.47 Å². The highest BCUT2D eigenvalue weighted by Gasteiger charge is 2.11. The van der Waals surface area contributed by atoms with Crippen LogP contribution in [0.2, 0.25) is 5.02 Å². The van der Waals surface area contributed by atoms with Gasteiger partial charge in [-0.25, -0.2) is 0 Å². The number of fused-ring (bicyclic) bond motifs is 1. The van der Waals surface area contributed by atoms with Crippen molar-refractivity contribution >= 4 is 17.3 Å². The summed E-state index contributed by atoms with van der Waals surface area (Å²) in [4.78, 5) is 0. The van der Waals surface area contributed by atoms with Crippen molar-refractivity contribution in [2.45, 2.75) is 6.54 Å². The molecule has 2 aromatic carbocycles. The van der Waals surface area contributed by atoms with Crippen LogP contribution in [0.1, 0.15) is 5.56 Å². The molecule has 0 aliphatic carbocycles. The maximum Gasteiger partial charge on any atom is 0.161 e. The number of hydrogen-bond acceptors (Lipinski definition) is 3. The Hall–Kier alpha value is -1.87. The second-order valence-corrected chi connectivity index (χ2v) is 4.78. The van der Waals surface area contributed by atoms with Gasteiger partial charge in [0.1, 0.15) is 13.2 Å². The molecule has 0 spiro atoms. The highest BCUT2D eigenvalue weighted by Crippen LogP contribution is 2.31. The van der Waals surface area contributed by atoms with Gasteiger partial charge < -0.3 is 14.8 Å². The van der Waals surface area contributed by atoms with E-state index in [9.17, 15) is 0 Å². The smallest absolute Gasteiger partial charge is 0.161 e. The normalized spacial score (nSPS) is 13.1. The van der Waals surface area contributed by atoms with Gasteiger partial charge in [-0.1, -0.05) is 23.7 Å². The summed E-state index contributed by atoms with van der Waals surface area (Å²) >= 11 is 5.94. The number of nitrogens with one attached hydrogen (secondary N) is 1. The highest BCUT2D eigenvalue weighted by atomic mass is 35.5. The standard InChI is InChI=1S/C15H14ClNO2/c16-12-2-1-3-13(9-12)17-10-11-4-5-14-15(8-11)19-7-6-18-14/h1-5,8-9,17H,6-7,10H2. The second kappa shape index (κ2) is 5.41. The Balaban J connectivity index is 1.70. The molecule has 98 valence electrons. The van der Waals surface area contributed by atoms with E-state index in [4.69, 9.17) is 21.1 Å². The van der Waals surface area contributed by atoms with Gasteiger partial charge in [0.2, 0.25) is 0 Å². The minimum atomic E-state index is 0.609. The van der Waals surface area contributed by atoms with E-state index in [2.05, 4.69) is 5.32 Å². The third kappa shape index (κ3) is 2.93. The summed E-state index contributed by atoms with van der Waals surface area (Å²) in [5.41, 5.74) is 2.15. The molecule has 1 heterocycles. The molecule has 0 aromatic heterocycles. The van der Waals surface area contributed by atoms with E-state index in [0.29, 0.717) is 13.2 Å². The molecule has 0 unspecified atom stereocenters. The first kappa shape index (κ1) is 12.2. The van der Waals surface area contributed by atoms with Gasteiger partial charge in [-0.05, 0) is 35.9 Å². The molecule has 1 N–H and O–H groups in total. The fourth-order valence-electron chi connectivity index (χ4n) is 2.00. The first-order valence-electron chi connectivity index (χ1n) is 6.19. The number of halogens is 1. The number of hydrogen-bond donors (Lipinski definition) is 1. The zero-order valence-electron chi connectivity index (χ0n) is 10.4. The number of anilines is 1. The Labute approximate surface area is 117 Å². The van der Waals surface area contributed by atoms with Crippen LogP contribution in [0.25, 0.3) is 0 Å². The second-order valence-electron chi connectivity index (χ2n) is 4.34. The molecule has 19 heavy (non-hydrogen) atoms. The molecule has 0 radical (unpaired) electrons. The molecule has 0 saturated heterocycles. The maximum absolute atomic E-state index is 5.94. The van der Waals surface area contributed by atoms with Gasteiger partial charge in [0.15, 0.2) is 11.5 Å². The van der Waals surface area contributed by atoms with Crippen molar-refractivity contribution in [3.05, 3.63) is 53.1 Å². The summed E-state index contributed by atoms with van der Waals surface area (Å²) in [5, 5.41) is 4.06. The Morgan fingerprint density at radius 1 is 1.00 bits per heavy atom.